The number of ether oxygens (including phenoxy) is 2. The van der Waals surface area contributed by atoms with E-state index in [9.17, 15) is 4.79 Å². The van der Waals surface area contributed by atoms with Gasteiger partial charge in [-0.1, -0.05) is 17.8 Å². The number of aromatic nitrogens is 2. The second kappa shape index (κ2) is 8.17. The van der Waals surface area contributed by atoms with E-state index < -0.39 is 0 Å². The number of furan rings is 1. The molecule has 0 unspecified atom stereocenters. The van der Waals surface area contributed by atoms with Crippen molar-refractivity contribution < 1.29 is 23.1 Å². The van der Waals surface area contributed by atoms with Crippen molar-refractivity contribution in [3.63, 3.8) is 0 Å². The molecule has 1 aromatic carbocycles. The summed E-state index contributed by atoms with van der Waals surface area (Å²) in [6.07, 6.45) is 2.23. The first-order chi connectivity index (χ1) is 13.3. The van der Waals surface area contributed by atoms with Gasteiger partial charge in [-0.05, 0) is 36.2 Å². The lowest BCUT2D eigenvalue weighted by molar-refractivity contribution is -0.118. The van der Waals surface area contributed by atoms with Gasteiger partial charge in [-0.2, -0.15) is 0 Å². The van der Waals surface area contributed by atoms with Gasteiger partial charge in [-0.15, -0.1) is 10.2 Å². The third-order valence-electron chi connectivity index (χ3n) is 3.81. The number of carbonyl (C=O) groups excluding carboxylic acids is 1. The maximum absolute atomic E-state index is 12.0. The standard InChI is InChI=1S/C18H17N3O5S/c22-16(11-27-18-21-20-17(26-18)14-2-1-7-23-14)19-6-5-12-3-4-13-15(10-12)25-9-8-24-13/h1-4,7,10H,5-6,8-9,11H2,(H,19,22). The molecular formula is C18H17N3O5S. The molecule has 140 valence electrons. The average Bonchev–Trinajstić information content (AvgIpc) is 3.38. The van der Waals surface area contributed by atoms with E-state index in [0.29, 0.717) is 43.1 Å². The number of benzene rings is 1. The van der Waals surface area contributed by atoms with E-state index in [4.69, 9.17) is 18.3 Å². The maximum atomic E-state index is 12.0. The number of hydrogen-bond donors (Lipinski definition) is 1. The highest BCUT2D eigenvalue weighted by atomic mass is 32.2. The zero-order chi connectivity index (χ0) is 18.5. The van der Waals surface area contributed by atoms with Crippen molar-refractivity contribution in [3.8, 4) is 23.1 Å². The summed E-state index contributed by atoms with van der Waals surface area (Å²) >= 11 is 1.18. The maximum Gasteiger partial charge on any atom is 0.284 e. The van der Waals surface area contributed by atoms with E-state index in [1.807, 2.05) is 18.2 Å². The summed E-state index contributed by atoms with van der Waals surface area (Å²) in [5.41, 5.74) is 1.08. The fourth-order valence-corrected chi connectivity index (χ4v) is 3.13. The molecule has 9 heteroatoms. The minimum absolute atomic E-state index is 0.102. The molecule has 0 bridgehead atoms. The molecule has 0 atom stereocenters. The van der Waals surface area contributed by atoms with Crippen molar-refractivity contribution >= 4 is 17.7 Å². The number of thioether (sulfide) groups is 1. The topological polar surface area (TPSA) is 99.6 Å². The number of nitrogens with zero attached hydrogens (tertiary/aromatic N) is 2. The highest BCUT2D eigenvalue weighted by molar-refractivity contribution is 7.99. The fourth-order valence-electron chi connectivity index (χ4n) is 2.54. The van der Waals surface area contributed by atoms with Gasteiger partial charge in [0.05, 0.1) is 12.0 Å². The molecule has 4 rings (SSSR count). The average molecular weight is 387 g/mol. The van der Waals surface area contributed by atoms with E-state index in [-0.39, 0.29) is 11.7 Å². The molecular weight excluding hydrogens is 370 g/mol. The number of nitrogens with one attached hydrogen (secondary N) is 1. The second-order valence-electron chi connectivity index (χ2n) is 5.72. The quantitative estimate of drug-likeness (QED) is 0.618. The fraction of sp³-hybridized carbons (Fsp3) is 0.278. The summed E-state index contributed by atoms with van der Waals surface area (Å²) in [6, 6.07) is 9.29. The lowest BCUT2D eigenvalue weighted by atomic mass is 10.1. The van der Waals surface area contributed by atoms with Crippen molar-refractivity contribution in [2.24, 2.45) is 0 Å². The highest BCUT2D eigenvalue weighted by Gasteiger charge is 2.14. The van der Waals surface area contributed by atoms with Crippen LogP contribution in [0.15, 0.2) is 50.7 Å². The summed E-state index contributed by atoms with van der Waals surface area (Å²) in [4.78, 5) is 12.0. The molecule has 1 aliphatic heterocycles. The number of fused-ring (bicyclic) bond motifs is 1. The summed E-state index contributed by atoms with van der Waals surface area (Å²) in [6.45, 7) is 1.66. The van der Waals surface area contributed by atoms with Crippen molar-refractivity contribution in [3.05, 3.63) is 42.2 Å². The number of amides is 1. The Morgan fingerprint density at radius 3 is 2.89 bits per heavy atom. The van der Waals surface area contributed by atoms with Crippen LogP contribution in [0.1, 0.15) is 5.56 Å². The third-order valence-corrected chi connectivity index (χ3v) is 4.63. The molecule has 1 N–H and O–H groups in total. The van der Waals surface area contributed by atoms with E-state index in [0.717, 1.165) is 17.1 Å². The molecule has 1 amide bonds. The Hall–Kier alpha value is -2.94. The highest BCUT2D eigenvalue weighted by Crippen LogP contribution is 2.30. The molecule has 0 spiro atoms. The Morgan fingerprint density at radius 1 is 1.15 bits per heavy atom. The van der Waals surface area contributed by atoms with Crippen LogP contribution < -0.4 is 14.8 Å². The van der Waals surface area contributed by atoms with Crippen molar-refractivity contribution in [1.29, 1.82) is 0 Å². The molecule has 0 fully saturated rings. The smallest absolute Gasteiger partial charge is 0.284 e. The Labute approximate surface area is 159 Å². The van der Waals surface area contributed by atoms with Gasteiger partial charge >= 0.3 is 0 Å². The van der Waals surface area contributed by atoms with Crippen LogP contribution in [0, 0.1) is 0 Å². The first-order valence-corrected chi connectivity index (χ1v) is 9.42. The normalized spacial score (nSPS) is 12.7. The molecule has 0 saturated heterocycles. The molecule has 1 aliphatic rings. The molecule has 0 aliphatic carbocycles. The predicted octanol–water partition coefficient (Wildman–Crippen LogP) is 2.55. The molecule has 8 nitrogen and oxygen atoms in total. The Balaban J connectivity index is 1.21. The Morgan fingerprint density at radius 2 is 2.04 bits per heavy atom. The number of rotatable bonds is 7. The molecule has 0 saturated carbocycles. The molecule has 27 heavy (non-hydrogen) atoms. The first-order valence-electron chi connectivity index (χ1n) is 8.43. The van der Waals surface area contributed by atoms with Gasteiger partial charge in [0.1, 0.15) is 13.2 Å². The molecule has 0 radical (unpaired) electrons. The van der Waals surface area contributed by atoms with Gasteiger partial charge in [0.25, 0.3) is 11.1 Å². The van der Waals surface area contributed by atoms with Crippen LogP contribution in [0.4, 0.5) is 0 Å². The van der Waals surface area contributed by atoms with Crippen LogP contribution in [0.5, 0.6) is 11.5 Å². The van der Waals surface area contributed by atoms with Crippen molar-refractivity contribution in [2.75, 3.05) is 25.5 Å². The van der Waals surface area contributed by atoms with Gasteiger partial charge in [0.15, 0.2) is 17.3 Å². The van der Waals surface area contributed by atoms with Crippen molar-refractivity contribution in [1.82, 2.24) is 15.5 Å². The predicted molar refractivity (Wildman–Crippen MR) is 96.9 cm³/mol. The zero-order valence-corrected chi connectivity index (χ0v) is 15.2. The Bertz CT molecular complexity index is 910. The SMILES string of the molecule is O=C(CSc1nnc(-c2ccco2)o1)NCCc1ccc2c(c1)OCCO2. The third kappa shape index (κ3) is 4.43. The number of carbonyl (C=O) groups is 1. The van der Waals surface area contributed by atoms with E-state index >= 15 is 0 Å². The van der Waals surface area contributed by atoms with Crippen LogP contribution in [0.3, 0.4) is 0 Å². The largest absolute Gasteiger partial charge is 0.486 e. The molecule has 2 aromatic heterocycles. The lowest BCUT2D eigenvalue weighted by Gasteiger charge is -2.18. The minimum Gasteiger partial charge on any atom is -0.486 e. The van der Waals surface area contributed by atoms with Gasteiger partial charge in [-0.3, -0.25) is 4.79 Å². The van der Waals surface area contributed by atoms with E-state index in [1.54, 1.807) is 12.1 Å². The lowest BCUT2D eigenvalue weighted by Crippen LogP contribution is -2.27. The van der Waals surface area contributed by atoms with Crippen LogP contribution in [0.25, 0.3) is 11.7 Å². The monoisotopic (exact) mass is 387 g/mol. The van der Waals surface area contributed by atoms with Crippen molar-refractivity contribution in [2.45, 2.75) is 11.6 Å². The first kappa shape index (κ1) is 17.5. The minimum atomic E-state index is -0.102. The molecule has 3 heterocycles. The van der Waals surface area contributed by atoms with Crippen LogP contribution in [0.2, 0.25) is 0 Å². The van der Waals surface area contributed by atoms with Gasteiger partial charge in [0.2, 0.25) is 5.91 Å². The van der Waals surface area contributed by atoms with Gasteiger partial charge < -0.3 is 23.6 Å². The summed E-state index contributed by atoms with van der Waals surface area (Å²) in [5.74, 6) is 2.40. The van der Waals surface area contributed by atoms with Crippen LogP contribution in [-0.2, 0) is 11.2 Å². The molecule has 3 aromatic rings. The summed E-state index contributed by atoms with van der Waals surface area (Å²) in [7, 11) is 0. The van der Waals surface area contributed by atoms with Gasteiger partial charge in [0, 0.05) is 6.54 Å². The second-order valence-corrected chi connectivity index (χ2v) is 6.64. The Kier molecular flexibility index (Phi) is 5.29. The summed E-state index contributed by atoms with van der Waals surface area (Å²) in [5, 5.41) is 11.0. The van der Waals surface area contributed by atoms with Gasteiger partial charge in [-0.25, -0.2) is 0 Å². The van der Waals surface area contributed by atoms with Crippen LogP contribution >= 0.6 is 11.8 Å². The van der Waals surface area contributed by atoms with Crippen LogP contribution in [-0.4, -0.2) is 41.6 Å². The summed E-state index contributed by atoms with van der Waals surface area (Å²) < 4.78 is 21.7. The number of hydrogen-bond acceptors (Lipinski definition) is 8. The van der Waals surface area contributed by atoms with E-state index in [1.165, 1.54) is 18.0 Å². The zero-order valence-electron chi connectivity index (χ0n) is 14.3. The van der Waals surface area contributed by atoms with E-state index in [2.05, 4.69) is 15.5 Å².